The van der Waals surface area contributed by atoms with Gasteiger partial charge in [0.25, 0.3) is 0 Å². The predicted molar refractivity (Wildman–Crippen MR) is 59.6 cm³/mol. The molecule has 2 nitrogen and oxygen atoms in total. The van der Waals surface area contributed by atoms with Gasteiger partial charge in [-0.3, -0.25) is 5.41 Å². The van der Waals surface area contributed by atoms with Crippen molar-refractivity contribution >= 4 is 5.84 Å². The molecule has 2 rings (SSSR count). The maximum atomic E-state index is 8.02. The lowest BCUT2D eigenvalue weighted by Crippen LogP contribution is -2.46. The molecular weight excluding hydrogens is 172 g/mol. The number of likely N-dealkylation sites (tertiary alicyclic amines) is 1. The molecule has 2 fully saturated rings. The van der Waals surface area contributed by atoms with Crippen molar-refractivity contribution < 1.29 is 0 Å². The molecule has 1 saturated heterocycles. The van der Waals surface area contributed by atoms with Gasteiger partial charge in [-0.15, -0.1) is 0 Å². The first-order valence-corrected chi connectivity index (χ1v) is 6.04. The fraction of sp³-hybridized carbons (Fsp3) is 0.917. The van der Waals surface area contributed by atoms with Crippen LogP contribution in [0.5, 0.6) is 0 Å². The second-order valence-corrected chi connectivity index (χ2v) is 5.17. The van der Waals surface area contributed by atoms with Crippen LogP contribution in [0.1, 0.15) is 46.0 Å². The first kappa shape index (κ1) is 10.0. The van der Waals surface area contributed by atoms with E-state index in [1.807, 2.05) is 0 Å². The van der Waals surface area contributed by atoms with Gasteiger partial charge in [-0.05, 0) is 37.5 Å². The van der Waals surface area contributed by atoms with Crippen LogP contribution >= 0.6 is 0 Å². The highest BCUT2D eigenvalue weighted by Crippen LogP contribution is 2.39. The highest BCUT2D eigenvalue weighted by atomic mass is 15.2. The molecule has 0 bridgehead atoms. The largest absolute Gasteiger partial charge is 0.357 e. The Labute approximate surface area is 87.2 Å². The number of nitrogens with one attached hydrogen (secondary N) is 1. The van der Waals surface area contributed by atoms with Gasteiger partial charge in [0.2, 0.25) is 0 Å². The molecule has 0 spiro atoms. The normalized spacial score (nSPS) is 25.6. The molecule has 1 heterocycles. The third-order valence-electron chi connectivity index (χ3n) is 3.56. The molecule has 1 saturated carbocycles. The molecule has 1 atom stereocenters. The van der Waals surface area contributed by atoms with Crippen molar-refractivity contribution in [3.05, 3.63) is 0 Å². The average Bonchev–Trinajstić information content (AvgIpc) is 2.92. The fourth-order valence-electron chi connectivity index (χ4n) is 2.78. The van der Waals surface area contributed by atoms with Gasteiger partial charge in [-0.2, -0.15) is 0 Å². The quantitative estimate of drug-likeness (QED) is 0.735. The van der Waals surface area contributed by atoms with Crippen molar-refractivity contribution in [2.24, 2.45) is 11.8 Å². The first-order chi connectivity index (χ1) is 6.70. The van der Waals surface area contributed by atoms with Crippen LogP contribution in [0, 0.1) is 17.2 Å². The van der Waals surface area contributed by atoms with Crippen LogP contribution in [0.15, 0.2) is 0 Å². The Morgan fingerprint density at radius 2 is 2.00 bits per heavy atom. The van der Waals surface area contributed by atoms with E-state index in [0.29, 0.717) is 12.0 Å². The second-order valence-electron chi connectivity index (χ2n) is 5.17. The van der Waals surface area contributed by atoms with Gasteiger partial charge in [0.1, 0.15) is 0 Å². The SMILES string of the molecule is CC(C)C(C1CC1)N1CCCCC1=N. The molecule has 80 valence electrons. The standard InChI is InChI=1S/C12H22N2/c1-9(2)12(10-6-7-10)14-8-4-3-5-11(14)13/h9-10,12-13H,3-8H2,1-2H3. The van der Waals surface area contributed by atoms with E-state index >= 15 is 0 Å². The van der Waals surface area contributed by atoms with Gasteiger partial charge in [0, 0.05) is 19.0 Å². The molecule has 14 heavy (non-hydrogen) atoms. The molecule has 1 unspecified atom stereocenters. The summed E-state index contributed by atoms with van der Waals surface area (Å²) in [6.45, 7) is 5.76. The van der Waals surface area contributed by atoms with Gasteiger partial charge >= 0.3 is 0 Å². The summed E-state index contributed by atoms with van der Waals surface area (Å²) in [7, 11) is 0. The number of hydrogen-bond acceptors (Lipinski definition) is 1. The Balaban J connectivity index is 2.04. The highest BCUT2D eigenvalue weighted by Gasteiger charge is 2.38. The minimum Gasteiger partial charge on any atom is -0.357 e. The summed E-state index contributed by atoms with van der Waals surface area (Å²) in [5, 5.41) is 8.02. The monoisotopic (exact) mass is 194 g/mol. The topological polar surface area (TPSA) is 27.1 Å². The van der Waals surface area contributed by atoms with Gasteiger partial charge in [0.05, 0.1) is 5.84 Å². The number of nitrogens with zero attached hydrogens (tertiary/aromatic N) is 1. The van der Waals surface area contributed by atoms with Crippen molar-refractivity contribution in [3.8, 4) is 0 Å². The van der Waals surface area contributed by atoms with Crippen LogP contribution < -0.4 is 0 Å². The summed E-state index contributed by atoms with van der Waals surface area (Å²) in [5.74, 6) is 2.51. The van der Waals surface area contributed by atoms with E-state index in [1.165, 1.54) is 25.7 Å². The maximum Gasteiger partial charge on any atom is 0.0960 e. The third-order valence-corrected chi connectivity index (χ3v) is 3.56. The molecule has 1 aliphatic carbocycles. The Morgan fingerprint density at radius 3 is 2.50 bits per heavy atom. The van der Waals surface area contributed by atoms with E-state index in [-0.39, 0.29) is 0 Å². The molecule has 0 aromatic rings. The molecular formula is C12H22N2. The molecule has 0 aromatic carbocycles. The second kappa shape index (κ2) is 3.92. The van der Waals surface area contributed by atoms with Crippen molar-refractivity contribution in [2.75, 3.05) is 6.54 Å². The van der Waals surface area contributed by atoms with E-state index in [1.54, 1.807) is 0 Å². The average molecular weight is 194 g/mol. The zero-order chi connectivity index (χ0) is 10.1. The van der Waals surface area contributed by atoms with Crippen LogP contribution in [-0.2, 0) is 0 Å². The van der Waals surface area contributed by atoms with E-state index in [0.717, 1.165) is 24.7 Å². The third kappa shape index (κ3) is 1.94. The lowest BCUT2D eigenvalue weighted by atomic mass is 9.95. The Bertz CT molecular complexity index is 216. The molecule has 1 aliphatic heterocycles. The molecule has 0 amide bonds. The Hall–Kier alpha value is -0.530. The van der Waals surface area contributed by atoms with Crippen LogP contribution in [0.25, 0.3) is 0 Å². The zero-order valence-corrected chi connectivity index (χ0v) is 9.42. The first-order valence-electron chi connectivity index (χ1n) is 6.04. The van der Waals surface area contributed by atoms with E-state index < -0.39 is 0 Å². The summed E-state index contributed by atoms with van der Waals surface area (Å²) in [5.41, 5.74) is 0. The Kier molecular flexibility index (Phi) is 2.80. The van der Waals surface area contributed by atoms with Crippen molar-refractivity contribution in [3.63, 3.8) is 0 Å². The van der Waals surface area contributed by atoms with Gasteiger partial charge < -0.3 is 4.90 Å². The number of amidine groups is 1. The lowest BCUT2D eigenvalue weighted by Gasteiger charge is -2.39. The van der Waals surface area contributed by atoms with Gasteiger partial charge in [-0.1, -0.05) is 13.8 Å². The Morgan fingerprint density at radius 1 is 1.29 bits per heavy atom. The van der Waals surface area contributed by atoms with E-state index in [2.05, 4.69) is 18.7 Å². The zero-order valence-electron chi connectivity index (χ0n) is 9.42. The number of hydrogen-bond donors (Lipinski definition) is 1. The van der Waals surface area contributed by atoms with Crippen LogP contribution in [-0.4, -0.2) is 23.3 Å². The van der Waals surface area contributed by atoms with Gasteiger partial charge in [0.15, 0.2) is 0 Å². The minimum absolute atomic E-state index is 0.669. The summed E-state index contributed by atoms with van der Waals surface area (Å²) in [6, 6.07) is 0.669. The van der Waals surface area contributed by atoms with Crippen molar-refractivity contribution in [1.82, 2.24) is 4.90 Å². The summed E-state index contributed by atoms with van der Waals surface area (Å²) in [4.78, 5) is 2.39. The summed E-state index contributed by atoms with van der Waals surface area (Å²) in [6.07, 6.45) is 6.32. The molecule has 2 heteroatoms. The number of rotatable bonds is 3. The summed E-state index contributed by atoms with van der Waals surface area (Å²) < 4.78 is 0. The minimum atomic E-state index is 0.669. The van der Waals surface area contributed by atoms with E-state index in [4.69, 9.17) is 5.41 Å². The summed E-state index contributed by atoms with van der Waals surface area (Å²) >= 11 is 0. The number of piperidine rings is 1. The molecule has 1 N–H and O–H groups in total. The maximum absolute atomic E-state index is 8.02. The van der Waals surface area contributed by atoms with Crippen molar-refractivity contribution in [2.45, 2.75) is 52.0 Å². The lowest BCUT2D eigenvalue weighted by molar-refractivity contribution is 0.201. The highest BCUT2D eigenvalue weighted by molar-refractivity contribution is 5.80. The van der Waals surface area contributed by atoms with Crippen molar-refractivity contribution in [1.29, 1.82) is 5.41 Å². The van der Waals surface area contributed by atoms with Crippen LogP contribution in [0.2, 0.25) is 0 Å². The predicted octanol–water partition coefficient (Wildman–Crippen LogP) is 2.88. The fourth-order valence-corrected chi connectivity index (χ4v) is 2.78. The van der Waals surface area contributed by atoms with Crippen LogP contribution in [0.3, 0.4) is 0 Å². The molecule has 0 radical (unpaired) electrons. The molecule has 0 aromatic heterocycles. The van der Waals surface area contributed by atoms with Gasteiger partial charge in [-0.25, -0.2) is 0 Å². The van der Waals surface area contributed by atoms with Crippen LogP contribution in [0.4, 0.5) is 0 Å². The molecule has 2 aliphatic rings. The smallest absolute Gasteiger partial charge is 0.0960 e. The van der Waals surface area contributed by atoms with E-state index in [9.17, 15) is 0 Å².